The summed E-state index contributed by atoms with van der Waals surface area (Å²) >= 11 is -0.556. The molecule has 0 aliphatic rings. The van der Waals surface area contributed by atoms with Gasteiger partial charge in [-0.25, -0.2) is 0 Å². The summed E-state index contributed by atoms with van der Waals surface area (Å²) < 4.78 is 76.5. The van der Waals surface area contributed by atoms with Crippen LogP contribution in [0.2, 0.25) is 0 Å². The van der Waals surface area contributed by atoms with E-state index in [2.05, 4.69) is 4.99 Å². The van der Waals surface area contributed by atoms with Crippen molar-refractivity contribution >= 4 is 30.5 Å². The number of benzene rings is 2. The number of hydrogen-bond acceptors (Lipinski definition) is 2. The summed E-state index contributed by atoms with van der Waals surface area (Å²) in [5.74, 6) is -0.149. The Balaban J connectivity index is 0.00000114. The molecule has 11 heteroatoms. The molecule has 2 aromatic carbocycles. The molecule has 0 saturated carbocycles. The number of para-hydroxylation sites is 1. The van der Waals surface area contributed by atoms with E-state index in [1.165, 1.54) is 6.07 Å². The quantitative estimate of drug-likeness (QED) is 0.293. The molecule has 0 saturated heterocycles. The van der Waals surface area contributed by atoms with Gasteiger partial charge in [-0.2, -0.15) is 26.3 Å². The Hall–Kier alpha value is -1.22. The third-order valence-corrected chi connectivity index (χ3v) is 3.19. The second-order valence-corrected chi connectivity index (χ2v) is 7.69. The van der Waals surface area contributed by atoms with E-state index in [1.54, 1.807) is 19.1 Å². The van der Waals surface area contributed by atoms with Crippen molar-refractivity contribution in [2.45, 2.75) is 19.3 Å². The van der Waals surface area contributed by atoms with Crippen molar-refractivity contribution < 1.29 is 48.5 Å². The van der Waals surface area contributed by atoms with Crippen molar-refractivity contribution in [3.8, 4) is 5.75 Å². The number of aryl methyl sites for hydroxylation is 1. The zero-order chi connectivity index (χ0) is 20.8. The van der Waals surface area contributed by atoms with Gasteiger partial charge in [0.25, 0.3) is 0 Å². The molecule has 0 spiro atoms. The van der Waals surface area contributed by atoms with Crippen LogP contribution in [0.25, 0.3) is 0 Å². The van der Waals surface area contributed by atoms with Crippen molar-refractivity contribution in [2.75, 3.05) is 0 Å². The van der Waals surface area contributed by atoms with Crippen molar-refractivity contribution in [1.82, 2.24) is 0 Å². The van der Waals surface area contributed by atoms with Crippen molar-refractivity contribution in [1.29, 1.82) is 0 Å². The Kier molecular flexibility index (Phi) is 8.66. The molecule has 0 heterocycles. The van der Waals surface area contributed by atoms with E-state index >= 15 is 0 Å². The Morgan fingerprint density at radius 3 is 1.89 bits per heavy atom. The van der Waals surface area contributed by atoms with Crippen LogP contribution in [-0.4, -0.2) is 11.3 Å². The van der Waals surface area contributed by atoms with Crippen LogP contribution < -0.4 is 0 Å². The van der Waals surface area contributed by atoms with Crippen LogP contribution in [0.5, 0.6) is 5.75 Å². The Labute approximate surface area is 167 Å². The van der Waals surface area contributed by atoms with Crippen molar-refractivity contribution in [3.63, 3.8) is 0 Å². The molecule has 146 valence electrons. The monoisotopic (exact) mass is 465 g/mol. The number of phenols is 1. The molecule has 2 aromatic rings. The van der Waals surface area contributed by atoms with Crippen LogP contribution in [0.1, 0.15) is 22.3 Å². The topological polar surface area (TPSA) is 32.6 Å². The standard InChI is InChI=1S/C16H11F6NO.2ClH.Ti/c1-9-3-2-4-10(14(9)24)8-23-13-6-11(15(17,18)19)5-12(7-13)16(20,21)22;;;/h2-8,24H,1H3;2*1H;/q;;;+2/p-2. The molecule has 0 radical (unpaired) electrons. The number of aromatic hydroxyl groups is 1. The van der Waals surface area contributed by atoms with Crippen LogP contribution in [-0.2, 0) is 29.4 Å². The molecule has 0 bridgehead atoms. The minimum atomic E-state index is -4.93. The number of nitrogens with zero attached hydrogens (tertiary/aromatic N) is 1. The first-order valence-corrected chi connectivity index (χ1v) is 11.3. The summed E-state index contributed by atoms with van der Waals surface area (Å²) in [6.07, 6.45) is -8.86. The van der Waals surface area contributed by atoms with Crippen LogP contribution in [0.3, 0.4) is 0 Å². The van der Waals surface area contributed by atoms with Crippen molar-refractivity contribution in [3.05, 3.63) is 58.7 Å². The van der Waals surface area contributed by atoms with E-state index in [4.69, 9.17) is 18.6 Å². The van der Waals surface area contributed by atoms with Gasteiger partial charge in [0.05, 0.1) is 16.8 Å². The molecular formula is C16H11Cl2F6NOTi. The van der Waals surface area contributed by atoms with Crippen LogP contribution in [0.15, 0.2) is 41.4 Å². The molecule has 0 aliphatic carbocycles. The van der Waals surface area contributed by atoms with Crippen molar-refractivity contribution in [2.24, 2.45) is 4.99 Å². The van der Waals surface area contributed by atoms with Gasteiger partial charge in [-0.1, -0.05) is 12.1 Å². The van der Waals surface area contributed by atoms with Gasteiger partial charge >= 0.3 is 48.0 Å². The number of hydrogen-bond donors (Lipinski definition) is 1. The van der Waals surface area contributed by atoms with Gasteiger partial charge in [0.1, 0.15) is 5.75 Å². The van der Waals surface area contributed by atoms with E-state index < -0.39 is 46.2 Å². The van der Waals surface area contributed by atoms with E-state index in [1.807, 2.05) is 0 Å². The first kappa shape index (κ1) is 23.8. The third-order valence-electron chi connectivity index (χ3n) is 3.19. The Bertz CT molecular complexity index is 776. The van der Waals surface area contributed by atoms with Gasteiger partial charge < -0.3 is 5.11 Å². The van der Waals surface area contributed by atoms with Gasteiger partial charge in [0.2, 0.25) is 0 Å². The van der Waals surface area contributed by atoms with E-state index in [0.29, 0.717) is 17.7 Å². The zero-order valence-corrected chi connectivity index (χ0v) is 16.5. The van der Waals surface area contributed by atoms with Gasteiger partial charge in [-0.3, -0.25) is 4.99 Å². The average Bonchev–Trinajstić information content (AvgIpc) is 2.55. The summed E-state index contributed by atoms with van der Waals surface area (Å²) in [5, 5.41) is 9.79. The van der Waals surface area contributed by atoms with Crippen LogP contribution in [0, 0.1) is 6.92 Å². The van der Waals surface area contributed by atoms with E-state index in [-0.39, 0.29) is 17.4 Å². The number of aliphatic imine (C=N–C) groups is 1. The molecule has 1 N–H and O–H groups in total. The molecule has 0 amide bonds. The number of halogens is 8. The van der Waals surface area contributed by atoms with Gasteiger partial charge in [0.15, 0.2) is 0 Å². The summed E-state index contributed by atoms with van der Waals surface area (Å²) in [6, 6.07) is 5.66. The summed E-state index contributed by atoms with van der Waals surface area (Å²) in [5.41, 5.74) is -2.73. The Morgan fingerprint density at radius 1 is 0.963 bits per heavy atom. The molecule has 0 aromatic heterocycles. The molecule has 0 aliphatic heterocycles. The summed E-state index contributed by atoms with van der Waals surface area (Å²) in [4.78, 5) is 3.64. The van der Waals surface area contributed by atoms with Crippen LogP contribution >= 0.6 is 18.6 Å². The molecule has 27 heavy (non-hydrogen) atoms. The predicted molar refractivity (Wildman–Crippen MR) is 88.2 cm³/mol. The summed E-state index contributed by atoms with van der Waals surface area (Å²) in [7, 11) is 9.78. The molecule has 2 nitrogen and oxygen atoms in total. The second kappa shape index (κ2) is 9.82. The maximum absolute atomic E-state index is 12.8. The molecule has 0 fully saturated rings. The fourth-order valence-electron chi connectivity index (χ4n) is 1.94. The fraction of sp³-hybridized carbons (Fsp3) is 0.188. The van der Waals surface area contributed by atoms with Crippen LogP contribution in [0.4, 0.5) is 32.0 Å². The third kappa shape index (κ3) is 7.37. The fourth-order valence-corrected chi connectivity index (χ4v) is 1.94. The first-order valence-electron chi connectivity index (χ1n) is 6.98. The average molecular weight is 466 g/mol. The minimum absolute atomic E-state index is 0.0309. The Morgan fingerprint density at radius 2 is 1.44 bits per heavy atom. The van der Waals surface area contributed by atoms with Gasteiger partial charge in [0, 0.05) is 11.8 Å². The van der Waals surface area contributed by atoms with E-state index in [9.17, 15) is 31.4 Å². The zero-order valence-electron chi connectivity index (χ0n) is 13.5. The molecule has 2 rings (SSSR count). The maximum atomic E-state index is 12.8. The number of phenolic OH excluding ortho intramolecular Hbond substituents is 1. The van der Waals surface area contributed by atoms with Gasteiger partial charge in [-0.05, 0) is 36.8 Å². The van der Waals surface area contributed by atoms with Gasteiger partial charge in [-0.15, -0.1) is 0 Å². The normalized spacial score (nSPS) is 11.9. The molecule has 0 unspecified atom stereocenters. The SMILES string of the molecule is Cc1cccc(C=Nc2cc(C(F)(F)F)cc(C(F)(F)F)c2)c1O.[Cl][Ti][Cl]. The molecular weight excluding hydrogens is 455 g/mol. The first-order chi connectivity index (χ1) is 12.4. The number of rotatable bonds is 2. The predicted octanol–water partition coefficient (Wildman–Crippen LogP) is 6.87. The summed E-state index contributed by atoms with van der Waals surface area (Å²) in [6.45, 7) is 1.60. The molecule has 0 atom stereocenters. The van der Waals surface area contributed by atoms with E-state index in [0.717, 1.165) is 6.21 Å². The second-order valence-electron chi connectivity index (χ2n) is 5.11. The number of alkyl halides is 6.